The highest BCUT2D eigenvalue weighted by molar-refractivity contribution is 5.69. The lowest BCUT2D eigenvalue weighted by atomic mass is 10.1. The number of rotatable bonds is 6. The molecule has 0 fully saturated rings. The molecular weight excluding hydrogens is 252 g/mol. The molecule has 0 aliphatic heterocycles. The van der Waals surface area contributed by atoms with Crippen molar-refractivity contribution in [2.45, 2.75) is 20.3 Å². The van der Waals surface area contributed by atoms with Crippen LogP contribution in [0, 0.1) is 0 Å². The second-order valence-electron chi connectivity index (χ2n) is 4.31. The molecule has 2 aromatic rings. The summed E-state index contributed by atoms with van der Waals surface area (Å²) >= 11 is 0. The summed E-state index contributed by atoms with van der Waals surface area (Å²) in [6.45, 7) is 4.92. The van der Waals surface area contributed by atoms with Crippen molar-refractivity contribution < 1.29 is 4.74 Å². The molecule has 0 aliphatic rings. The molecule has 0 atom stereocenters. The maximum atomic E-state index is 5.41. The van der Waals surface area contributed by atoms with Gasteiger partial charge >= 0.3 is 0 Å². The minimum Gasteiger partial charge on any atom is -0.490 e. The third-order valence-electron chi connectivity index (χ3n) is 2.95. The van der Waals surface area contributed by atoms with Gasteiger partial charge in [-0.05, 0) is 31.0 Å². The normalized spacial score (nSPS) is 10.2. The van der Waals surface area contributed by atoms with E-state index in [1.54, 1.807) is 7.11 Å². The van der Waals surface area contributed by atoms with Gasteiger partial charge in [0.2, 0.25) is 5.75 Å². The molecule has 1 aromatic carbocycles. The summed E-state index contributed by atoms with van der Waals surface area (Å²) in [5, 5.41) is 6.44. The molecule has 0 bridgehead atoms. The van der Waals surface area contributed by atoms with Crippen molar-refractivity contribution in [2.24, 2.45) is 0 Å². The maximum Gasteiger partial charge on any atom is 0.204 e. The molecule has 0 amide bonds. The molecule has 1 heterocycles. The lowest BCUT2D eigenvalue weighted by Crippen LogP contribution is -2.06. The van der Waals surface area contributed by atoms with Gasteiger partial charge < -0.3 is 15.4 Å². The number of aromatic nitrogens is 2. The lowest BCUT2D eigenvalue weighted by Gasteiger charge is -2.13. The van der Waals surface area contributed by atoms with Crippen LogP contribution in [0.5, 0.6) is 5.75 Å². The summed E-state index contributed by atoms with van der Waals surface area (Å²) in [7, 11) is 1.62. The lowest BCUT2D eigenvalue weighted by molar-refractivity contribution is 0.415. The highest BCUT2D eigenvalue weighted by atomic mass is 16.5. The van der Waals surface area contributed by atoms with Crippen molar-refractivity contribution >= 4 is 17.3 Å². The van der Waals surface area contributed by atoms with Crippen molar-refractivity contribution in [3.05, 3.63) is 36.2 Å². The maximum absolute atomic E-state index is 5.41. The number of aryl methyl sites for hydroxylation is 1. The Morgan fingerprint density at radius 2 is 1.95 bits per heavy atom. The van der Waals surface area contributed by atoms with Gasteiger partial charge in [0.15, 0.2) is 11.6 Å². The van der Waals surface area contributed by atoms with Crippen LogP contribution in [0.15, 0.2) is 30.6 Å². The Morgan fingerprint density at radius 3 is 2.65 bits per heavy atom. The summed E-state index contributed by atoms with van der Waals surface area (Å²) in [5.41, 5.74) is 2.26. The van der Waals surface area contributed by atoms with Crippen molar-refractivity contribution in [2.75, 3.05) is 24.3 Å². The molecule has 0 saturated heterocycles. The SMILES string of the molecule is CCNc1ncnc(Nc2cccc(CC)c2)c1OC. The van der Waals surface area contributed by atoms with Gasteiger partial charge in [0.05, 0.1) is 7.11 Å². The molecule has 0 aliphatic carbocycles. The van der Waals surface area contributed by atoms with Crippen LogP contribution >= 0.6 is 0 Å². The van der Waals surface area contributed by atoms with Gasteiger partial charge in [-0.3, -0.25) is 0 Å². The predicted molar refractivity (Wildman–Crippen MR) is 81.9 cm³/mol. The first-order valence-corrected chi connectivity index (χ1v) is 6.77. The monoisotopic (exact) mass is 272 g/mol. The molecule has 5 nitrogen and oxygen atoms in total. The Bertz CT molecular complexity index is 572. The van der Waals surface area contributed by atoms with Gasteiger partial charge in [-0.25, -0.2) is 9.97 Å². The fourth-order valence-electron chi connectivity index (χ4n) is 1.96. The van der Waals surface area contributed by atoms with E-state index in [1.807, 2.05) is 19.1 Å². The average Bonchev–Trinajstić information content (AvgIpc) is 2.48. The van der Waals surface area contributed by atoms with Gasteiger partial charge in [-0.2, -0.15) is 0 Å². The fourth-order valence-corrected chi connectivity index (χ4v) is 1.96. The van der Waals surface area contributed by atoms with Crippen LogP contribution < -0.4 is 15.4 Å². The van der Waals surface area contributed by atoms with Gasteiger partial charge in [0.25, 0.3) is 0 Å². The van der Waals surface area contributed by atoms with E-state index < -0.39 is 0 Å². The first-order valence-electron chi connectivity index (χ1n) is 6.77. The molecular formula is C15H20N4O. The second kappa shape index (κ2) is 6.75. The molecule has 0 unspecified atom stereocenters. The van der Waals surface area contributed by atoms with E-state index in [4.69, 9.17) is 4.74 Å². The number of nitrogens with zero attached hydrogens (tertiary/aromatic N) is 2. The third kappa shape index (κ3) is 3.17. The summed E-state index contributed by atoms with van der Waals surface area (Å²) < 4.78 is 5.41. The molecule has 106 valence electrons. The minimum absolute atomic E-state index is 0.622. The number of nitrogens with one attached hydrogen (secondary N) is 2. The zero-order chi connectivity index (χ0) is 14.4. The highest BCUT2D eigenvalue weighted by Crippen LogP contribution is 2.31. The summed E-state index contributed by atoms with van der Waals surface area (Å²) in [4.78, 5) is 8.44. The van der Waals surface area contributed by atoms with Crippen LogP contribution in [0.3, 0.4) is 0 Å². The van der Waals surface area contributed by atoms with Gasteiger partial charge in [-0.1, -0.05) is 19.1 Å². The Balaban J connectivity index is 2.30. The zero-order valence-electron chi connectivity index (χ0n) is 12.1. The quantitative estimate of drug-likeness (QED) is 0.845. The summed E-state index contributed by atoms with van der Waals surface area (Å²) in [6.07, 6.45) is 2.52. The van der Waals surface area contributed by atoms with Crippen LogP contribution in [0.1, 0.15) is 19.4 Å². The van der Waals surface area contributed by atoms with E-state index in [-0.39, 0.29) is 0 Å². The minimum atomic E-state index is 0.622. The van der Waals surface area contributed by atoms with Crippen LogP contribution in [-0.2, 0) is 6.42 Å². The number of anilines is 3. The number of ether oxygens (including phenoxy) is 1. The van der Waals surface area contributed by atoms with Crippen LogP contribution in [0.2, 0.25) is 0 Å². The van der Waals surface area contributed by atoms with Crippen molar-refractivity contribution in [1.29, 1.82) is 0 Å². The first kappa shape index (κ1) is 14.1. The molecule has 20 heavy (non-hydrogen) atoms. The van der Waals surface area contributed by atoms with Crippen LogP contribution in [0.4, 0.5) is 17.3 Å². The Kier molecular flexibility index (Phi) is 4.76. The van der Waals surface area contributed by atoms with Crippen molar-refractivity contribution in [3.63, 3.8) is 0 Å². The number of methoxy groups -OCH3 is 1. The van der Waals surface area contributed by atoms with Crippen molar-refractivity contribution in [1.82, 2.24) is 9.97 Å². The predicted octanol–water partition coefficient (Wildman–Crippen LogP) is 3.22. The molecule has 1 aromatic heterocycles. The molecule has 0 radical (unpaired) electrons. The molecule has 5 heteroatoms. The van der Waals surface area contributed by atoms with E-state index in [0.29, 0.717) is 17.4 Å². The van der Waals surface area contributed by atoms with Crippen molar-refractivity contribution in [3.8, 4) is 5.75 Å². The number of hydrogen-bond acceptors (Lipinski definition) is 5. The molecule has 2 rings (SSSR count). The van der Waals surface area contributed by atoms with Gasteiger partial charge in [-0.15, -0.1) is 0 Å². The average molecular weight is 272 g/mol. The van der Waals surface area contributed by atoms with Crippen LogP contribution in [0.25, 0.3) is 0 Å². The smallest absolute Gasteiger partial charge is 0.204 e. The first-order chi connectivity index (χ1) is 9.78. The van der Waals surface area contributed by atoms with Gasteiger partial charge in [0, 0.05) is 12.2 Å². The largest absolute Gasteiger partial charge is 0.490 e. The zero-order valence-corrected chi connectivity index (χ0v) is 12.1. The van der Waals surface area contributed by atoms with E-state index >= 15 is 0 Å². The number of hydrogen-bond donors (Lipinski definition) is 2. The molecule has 2 N–H and O–H groups in total. The standard InChI is InChI=1S/C15H20N4O/c1-4-11-7-6-8-12(9-11)19-15-13(20-3)14(16-5-2)17-10-18-15/h6-10H,4-5H2,1-3H3,(H2,16,17,18,19). The highest BCUT2D eigenvalue weighted by Gasteiger charge is 2.11. The van der Waals surface area contributed by atoms with E-state index in [0.717, 1.165) is 18.7 Å². The second-order valence-corrected chi connectivity index (χ2v) is 4.31. The Hall–Kier alpha value is -2.30. The fraction of sp³-hybridized carbons (Fsp3) is 0.333. The summed E-state index contributed by atoms with van der Waals surface area (Å²) in [6, 6.07) is 8.24. The Morgan fingerprint density at radius 1 is 1.15 bits per heavy atom. The van der Waals surface area contributed by atoms with E-state index in [2.05, 4.69) is 39.7 Å². The number of benzene rings is 1. The van der Waals surface area contributed by atoms with Gasteiger partial charge in [0.1, 0.15) is 6.33 Å². The summed E-state index contributed by atoms with van der Waals surface area (Å²) in [5.74, 6) is 1.97. The topological polar surface area (TPSA) is 59.1 Å². The molecule has 0 spiro atoms. The van der Waals surface area contributed by atoms with Crippen LogP contribution in [-0.4, -0.2) is 23.6 Å². The Labute approximate surface area is 119 Å². The molecule has 0 saturated carbocycles. The third-order valence-corrected chi connectivity index (χ3v) is 2.95. The van der Waals surface area contributed by atoms with E-state index in [1.165, 1.54) is 11.9 Å². The van der Waals surface area contributed by atoms with E-state index in [9.17, 15) is 0 Å².